The van der Waals surface area contributed by atoms with Gasteiger partial charge in [0.1, 0.15) is 0 Å². The number of rotatable bonds is 4. The number of benzene rings is 1. The Morgan fingerprint density at radius 3 is 2.38 bits per heavy atom. The average molecular weight is 302 g/mol. The first kappa shape index (κ1) is 15.3. The van der Waals surface area contributed by atoms with Crippen LogP contribution < -0.4 is 10.6 Å². The molecule has 0 saturated heterocycles. The normalized spacial score (nSPS) is 10.2. The van der Waals surface area contributed by atoms with Gasteiger partial charge in [0.25, 0.3) is 5.91 Å². The van der Waals surface area contributed by atoms with Crippen LogP contribution in [0, 0.1) is 6.92 Å². The van der Waals surface area contributed by atoms with Crippen LogP contribution in [0.1, 0.15) is 34.0 Å². The summed E-state index contributed by atoms with van der Waals surface area (Å²) in [5, 5.41) is 5.55. The lowest BCUT2D eigenvalue weighted by Gasteiger charge is -2.06. The van der Waals surface area contributed by atoms with Crippen LogP contribution in [0.4, 0.5) is 11.4 Å². The van der Waals surface area contributed by atoms with E-state index in [1.165, 1.54) is 23.1 Å². The molecule has 2 N–H and O–H groups in total. The number of hydrogen-bond donors (Lipinski definition) is 2. The van der Waals surface area contributed by atoms with Crippen LogP contribution in [0.3, 0.4) is 0 Å². The third-order valence-electron chi connectivity index (χ3n) is 3.01. The third kappa shape index (κ3) is 3.92. The summed E-state index contributed by atoms with van der Waals surface area (Å²) in [7, 11) is 0. The molecule has 0 aliphatic heterocycles. The van der Waals surface area contributed by atoms with Gasteiger partial charge in [-0.1, -0.05) is 13.0 Å². The van der Waals surface area contributed by atoms with Crippen molar-refractivity contribution in [2.45, 2.75) is 27.2 Å². The van der Waals surface area contributed by atoms with Gasteiger partial charge in [-0.2, -0.15) is 0 Å². The fourth-order valence-electron chi connectivity index (χ4n) is 2.05. The van der Waals surface area contributed by atoms with Gasteiger partial charge in [-0.05, 0) is 43.2 Å². The summed E-state index contributed by atoms with van der Waals surface area (Å²) in [4.78, 5) is 25.2. The van der Waals surface area contributed by atoms with Crippen LogP contribution in [-0.2, 0) is 11.2 Å². The summed E-state index contributed by atoms with van der Waals surface area (Å²) in [6.45, 7) is 5.55. The summed E-state index contributed by atoms with van der Waals surface area (Å²) in [6, 6.07) is 9.01. The molecule has 110 valence electrons. The average Bonchev–Trinajstić information content (AvgIpc) is 2.79. The van der Waals surface area contributed by atoms with Crippen molar-refractivity contribution in [1.82, 2.24) is 0 Å². The third-order valence-corrected chi connectivity index (χ3v) is 4.39. The van der Waals surface area contributed by atoms with E-state index in [9.17, 15) is 9.59 Å². The molecule has 0 saturated carbocycles. The summed E-state index contributed by atoms with van der Waals surface area (Å²) in [5.41, 5.74) is 2.48. The second-order valence-electron chi connectivity index (χ2n) is 4.79. The second-order valence-corrected chi connectivity index (χ2v) is 5.92. The predicted octanol–water partition coefficient (Wildman–Crippen LogP) is 3.83. The number of nitrogens with one attached hydrogen (secondary N) is 2. The van der Waals surface area contributed by atoms with Crippen molar-refractivity contribution in [3.63, 3.8) is 0 Å². The van der Waals surface area contributed by atoms with E-state index >= 15 is 0 Å². The maximum absolute atomic E-state index is 12.2. The molecule has 0 aliphatic carbocycles. The zero-order valence-electron chi connectivity index (χ0n) is 12.3. The van der Waals surface area contributed by atoms with Crippen molar-refractivity contribution < 1.29 is 9.59 Å². The van der Waals surface area contributed by atoms with Gasteiger partial charge in [0.15, 0.2) is 0 Å². The summed E-state index contributed by atoms with van der Waals surface area (Å²) >= 11 is 1.52. The Bertz CT molecular complexity index is 677. The van der Waals surface area contributed by atoms with E-state index in [0.717, 1.165) is 12.0 Å². The highest BCUT2D eigenvalue weighted by Gasteiger charge is 2.12. The second kappa shape index (κ2) is 6.54. The predicted molar refractivity (Wildman–Crippen MR) is 87.1 cm³/mol. The number of aryl methyl sites for hydroxylation is 2. The molecule has 0 aliphatic rings. The highest BCUT2D eigenvalue weighted by molar-refractivity contribution is 7.14. The SMILES string of the molecule is CCc1sc(C(=O)Nc2cccc(NC(C)=O)c2)cc1C. The van der Waals surface area contributed by atoms with E-state index in [1.54, 1.807) is 24.3 Å². The smallest absolute Gasteiger partial charge is 0.265 e. The van der Waals surface area contributed by atoms with Crippen LogP contribution in [0.15, 0.2) is 30.3 Å². The van der Waals surface area contributed by atoms with Crippen LogP contribution in [0.2, 0.25) is 0 Å². The summed E-state index contributed by atoms with van der Waals surface area (Å²) < 4.78 is 0. The lowest BCUT2D eigenvalue weighted by molar-refractivity contribution is -0.114. The largest absolute Gasteiger partial charge is 0.326 e. The van der Waals surface area contributed by atoms with E-state index in [-0.39, 0.29) is 11.8 Å². The molecule has 0 atom stereocenters. The molecule has 1 aromatic heterocycles. The highest BCUT2D eigenvalue weighted by Crippen LogP contribution is 2.24. The number of amides is 2. The number of thiophene rings is 1. The Kier molecular flexibility index (Phi) is 4.75. The standard InChI is InChI=1S/C16H18N2O2S/c1-4-14-10(2)8-15(21-14)16(20)18-13-7-5-6-12(9-13)17-11(3)19/h5-9H,4H2,1-3H3,(H,17,19)(H,18,20). The van der Waals surface area contributed by atoms with Gasteiger partial charge in [0, 0.05) is 23.2 Å². The molecule has 0 spiro atoms. The van der Waals surface area contributed by atoms with Crippen molar-refractivity contribution in [2.75, 3.05) is 10.6 Å². The monoisotopic (exact) mass is 302 g/mol. The zero-order chi connectivity index (χ0) is 15.4. The van der Waals surface area contributed by atoms with Crippen LogP contribution in [0.25, 0.3) is 0 Å². The molecular formula is C16H18N2O2S. The number of carbonyl (C=O) groups excluding carboxylic acids is 2. The van der Waals surface area contributed by atoms with E-state index in [4.69, 9.17) is 0 Å². The minimum atomic E-state index is -0.139. The fraction of sp³-hybridized carbons (Fsp3) is 0.250. The first-order valence-electron chi connectivity index (χ1n) is 6.78. The quantitative estimate of drug-likeness (QED) is 0.901. The summed E-state index contributed by atoms with van der Waals surface area (Å²) in [5.74, 6) is -0.261. The Morgan fingerprint density at radius 2 is 1.81 bits per heavy atom. The molecule has 1 heterocycles. The van der Waals surface area contributed by atoms with Gasteiger partial charge in [-0.25, -0.2) is 0 Å². The van der Waals surface area contributed by atoms with Gasteiger partial charge in [0.2, 0.25) is 5.91 Å². The molecule has 2 amide bonds. The molecule has 0 unspecified atom stereocenters. The fourth-order valence-corrected chi connectivity index (χ4v) is 3.06. The van der Waals surface area contributed by atoms with Crippen LogP contribution in [-0.4, -0.2) is 11.8 Å². The Balaban J connectivity index is 2.13. The first-order valence-corrected chi connectivity index (χ1v) is 7.59. The maximum Gasteiger partial charge on any atom is 0.265 e. The topological polar surface area (TPSA) is 58.2 Å². The lowest BCUT2D eigenvalue weighted by atomic mass is 10.2. The van der Waals surface area contributed by atoms with E-state index in [0.29, 0.717) is 16.3 Å². The Morgan fingerprint density at radius 1 is 1.14 bits per heavy atom. The molecule has 21 heavy (non-hydrogen) atoms. The summed E-state index contributed by atoms with van der Waals surface area (Å²) in [6.07, 6.45) is 0.932. The number of anilines is 2. The maximum atomic E-state index is 12.2. The van der Waals surface area contributed by atoms with Crippen molar-refractivity contribution in [3.05, 3.63) is 45.6 Å². The van der Waals surface area contributed by atoms with Gasteiger partial charge in [-0.15, -0.1) is 11.3 Å². The molecule has 2 rings (SSSR count). The molecular weight excluding hydrogens is 284 g/mol. The minimum Gasteiger partial charge on any atom is -0.326 e. The minimum absolute atomic E-state index is 0.122. The van der Waals surface area contributed by atoms with Gasteiger partial charge in [-0.3, -0.25) is 9.59 Å². The first-order chi connectivity index (χ1) is 9.99. The Labute approximate surface area is 128 Å². The van der Waals surface area contributed by atoms with Gasteiger partial charge < -0.3 is 10.6 Å². The molecule has 4 nitrogen and oxygen atoms in total. The molecule has 0 radical (unpaired) electrons. The highest BCUT2D eigenvalue weighted by atomic mass is 32.1. The molecule has 5 heteroatoms. The van der Waals surface area contributed by atoms with E-state index in [1.807, 2.05) is 13.0 Å². The van der Waals surface area contributed by atoms with Crippen LogP contribution >= 0.6 is 11.3 Å². The van der Waals surface area contributed by atoms with Crippen molar-refractivity contribution in [3.8, 4) is 0 Å². The van der Waals surface area contributed by atoms with Crippen molar-refractivity contribution in [1.29, 1.82) is 0 Å². The lowest BCUT2D eigenvalue weighted by Crippen LogP contribution is -2.11. The van der Waals surface area contributed by atoms with Gasteiger partial charge in [0.05, 0.1) is 4.88 Å². The van der Waals surface area contributed by atoms with Crippen molar-refractivity contribution in [2.24, 2.45) is 0 Å². The van der Waals surface area contributed by atoms with Crippen molar-refractivity contribution >= 4 is 34.5 Å². The van der Waals surface area contributed by atoms with Crippen LogP contribution in [0.5, 0.6) is 0 Å². The molecule has 0 bridgehead atoms. The van der Waals surface area contributed by atoms with E-state index in [2.05, 4.69) is 17.6 Å². The van der Waals surface area contributed by atoms with E-state index < -0.39 is 0 Å². The Hall–Kier alpha value is -2.14. The van der Waals surface area contributed by atoms with Gasteiger partial charge >= 0.3 is 0 Å². The zero-order valence-corrected chi connectivity index (χ0v) is 13.1. The molecule has 1 aromatic carbocycles. The number of hydrogen-bond acceptors (Lipinski definition) is 3. The molecule has 2 aromatic rings. The molecule has 0 fully saturated rings. The number of carbonyl (C=O) groups is 2.